The van der Waals surface area contributed by atoms with Gasteiger partial charge in [0.25, 0.3) is 5.91 Å². The summed E-state index contributed by atoms with van der Waals surface area (Å²) in [6, 6.07) is 6.78. The van der Waals surface area contributed by atoms with E-state index in [1.165, 1.54) is 32.1 Å². The van der Waals surface area contributed by atoms with Crippen molar-refractivity contribution in [3.63, 3.8) is 0 Å². The van der Waals surface area contributed by atoms with Crippen LogP contribution in [0.4, 0.5) is 0 Å². The molecular weight excluding hydrogens is 254 g/mol. The van der Waals surface area contributed by atoms with Gasteiger partial charge in [0.1, 0.15) is 0 Å². The van der Waals surface area contributed by atoms with Crippen LogP contribution in [0.2, 0.25) is 0 Å². The van der Waals surface area contributed by atoms with E-state index >= 15 is 0 Å². The molecule has 4 N–H and O–H groups in total. The van der Waals surface area contributed by atoms with Crippen molar-refractivity contribution in [2.75, 3.05) is 6.54 Å². The average molecular weight is 275 g/mol. The summed E-state index contributed by atoms with van der Waals surface area (Å²) in [5.74, 6) is 0.495. The Bertz CT molecular complexity index is 494. The second-order valence-electron chi connectivity index (χ2n) is 5.28. The molecule has 20 heavy (non-hydrogen) atoms. The van der Waals surface area contributed by atoms with Crippen LogP contribution in [-0.4, -0.2) is 23.5 Å². The van der Waals surface area contributed by atoms with Crippen LogP contribution in [0.1, 0.15) is 48.0 Å². The van der Waals surface area contributed by atoms with Crippen molar-refractivity contribution in [2.45, 2.75) is 32.1 Å². The minimum Gasteiger partial charge on any atom is -0.409 e. The number of nitrogens with zero attached hydrogens (tertiary/aromatic N) is 1. The highest BCUT2D eigenvalue weighted by Crippen LogP contribution is 2.22. The lowest BCUT2D eigenvalue weighted by atomic mass is 9.89. The molecule has 0 atom stereocenters. The Hall–Kier alpha value is -2.04. The van der Waals surface area contributed by atoms with Gasteiger partial charge in [0.05, 0.1) is 0 Å². The number of oxime groups is 1. The van der Waals surface area contributed by atoms with Crippen LogP contribution < -0.4 is 11.1 Å². The molecule has 5 heteroatoms. The summed E-state index contributed by atoms with van der Waals surface area (Å²) in [5, 5.41) is 14.6. The number of hydrogen-bond acceptors (Lipinski definition) is 3. The number of rotatable bonds is 4. The predicted octanol–water partition coefficient (Wildman–Crippen LogP) is 2.09. The lowest BCUT2D eigenvalue weighted by Gasteiger charge is -2.21. The van der Waals surface area contributed by atoms with E-state index < -0.39 is 0 Å². The van der Waals surface area contributed by atoms with Crippen molar-refractivity contribution in [3.05, 3.63) is 35.4 Å². The Morgan fingerprint density at radius 1 is 1.30 bits per heavy atom. The SMILES string of the molecule is N/C(=N\O)c1cccc(C(=O)NCC2CCCCC2)c1. The van der Waals surface area contributed by atoms with Crippen molar-refractivity contribution >= 4 is 11.7 Å². The zero-order chi connectivity index (χ0) is 14.4. The van der Waals surface area contributed by atoms with Crippen LogP contribution in [-0.2, 0) is 0 Å². The van der Waals surface area contributed by atoms with E-state index in [0.29, 0.717) is 17.0 Å². The van der Waals surface area contributed by atoms with Crippen LogP contribution in [0.15, 0.2) is 29.4 Å². The van der Waals surface area contributed by atoms with Gasteiger partial charge in [-0.25, -0.2) is 0 Å². The smallest absolute Gasteiger partial charge is 0.251 e. The number of amides is 1. The van der Waals surface area contributed by atoms with Gasteiger partial charge in [-0.3, -0.25) is 4.79 Å². The normalized spacial score (nSPS) is 16.9. The highest BCUT2D eigenvalue weighted by molar-refractivity contribution is 6.01. The number of amidine groups is 1. The van der Waals surface area contributed by atoms with E-state index in [9.17, 15) is 4.79 Å². The zero-order valence-corrected chi connectivity index (χ0v) is 11.5. The number of benzene rings is 1. The van der Waals surface area contributed by atoms with Gasteiger partial charge < -0.3 is 16.3 Å². The second kappa shape index (κ2) is 6.93. The summed E-state index contributed by atoms with van der Waals surface area (Å²) in [6.07, 6.45) is 6.24. The first-order valence-corrected chi connectivity index (χ1v) is 7.07. The van der Waals surface area contributed by atoms with Crippen LogP contribution >= 0.6 is 0 Å². The molecule has 0 radical (unpaired) electrons. The number of carbonyl (C=O) groups is 1. The molecule has 1 saturated carbocycles. The quantitative estimate of drug-likeness (QED) is 0.340. The number of carbonyl (C=O) groups excluding carboxylic acids is 1. The van der Waals surface area contributed by atoms with Gasteiger partial charge in [-0.1, -0.05) is 36.6 Å². The van der Waals surface area contributed by atoms with Crippen molar-refractivity contribution in [1.82, 2.24) is 5.32 Å². The fraction of sp³-hybridized carbons (Fsp3) is 0.467. The van der Waals surface area contributed by atoms with Crippen LogP contribution in [0.3, 0.4) is 0 Å². The Labute approximate surface area is 118 Å². The maximum atomic E-state index is 12.1. The minimum absolute atomic E-state index is 0.00642. The molecule has 1 aromatic carbocycles. The third-order valence-corrected chi connectivity index (χ3v) is 3.80. The topological polar surface area (TPSA) is 87.7 Å². The molecule has 1 amide bonds. The molecule has 1 aliphatic carbocycles. The van der Waals surface area contributed by atoms with Gasteiger partial charge in [0.2, 0.25) is 0 Å². The lowest BCUT2D eigenvalue weighted by Crippen LogP contribution is -2.30. The third-order valence-electron chi connectivity index (χ3n) is 3.80. The molecule has 0 saturated heterocycles. The van der Waals surface area contributed by atoms with E-state index in [1.54, 1.807) is 24.3 Å². The second-order valence-corrected chi connectivity index (χ2v) is 5.28. The molecule has 0 spiro atoms. The van der Waals surface area contributed by atoms with Crippen LogP contribution in [0.25, 0.3) is 0 Å². The van der Waals surface area contributed by atoms with Crippen LogP contribution in [0.5, 0.6) is 0 Å². The summed E-state index contributed by atoms with van der Waals surface area (Å²) in [6.45, 7) is 0.729. The number of nitrogens with two attached hydrogens (primary N) is 1. The van der Waals surface area contributed by atoms with Crippen LogP contribution in [0, 0.1) is 5.92 Å². The van der Waals surface area contributed by atoms with E-state index in [-0.39, 0.29) is 11.7 Å². The number of nitrogens with one attached hydrogen (secondary N) is 1. The van der Waals surface area contributed by atoms with E-state index in [0.717, 1.165) is 6.54 Å². The lowest BCUT2D eigenvalue weighted by molar-refractivity contribution is 0.0943. The average Bonchev–Trinajstić information content (AvgIpc) is 2.53. The molecule has 108 valence electrons. The molecule has 5 nitrogen and oxygen atoms in total. The van der Waals surface area contributed by atoms with Crippen molar-refractivity contribution in [1.29, 1.82) is 0 Å². The Morgan fingerprint density at radius 3 is 2.70 bits per heavy atom. The molecule has 0 bridgehead atoms. The van der Waals surface area contributed by atoms with Gasteiger partial charge in [-0.15, -0.1) is 0 Å². The maximum Gasteiger partial charge on any atom is 0.251 e. The highest BCUT2D eigenvalue weighted by atomic mass is 16.4. The highest BCUT2D eigenvalue weighted by Gasteiger charge is 2.15. The zero-order valence-electron chi connectivity index (χ0n) is 11.5. The first-order valence-electron chi connectivity index (χ1n) is 7.07. The van der Waals surface area contributed by atoms with Crippen molar-refractivity contribution < 1.29 is 10.0 Å². The van der Waals surface area contributed by atoms with E-state index in [2.05, 4.69) is 10.5 Å². The standard InChI is InChI=1S/C15H21N3O2/c16-14(18-20)12-7-4-8-13(9-12)15(19)17-10-11-5-2-1-3-6-11/h4,7-9,11,20H,1-3,5-6,10H2,(H2,16,18)(H,17,19). The molecule has 0 heterocycles. The fourth-order valence-electron chi connectivity index (χ4n) is 2.61. The molecule has 2 rings (SSSR count). The Morgan fingerprint density at radius 2 is 2.00 bits per heavy atom. The monoisotopic (exact) mass is 275 g/mol. The summed E-state index contributed by atoms with van der Waals surface area (Å²) < 4.78 is 0. The summed E-state index contributed by atoms with van der Waals surface area (Å²) in [5.41, 5.74) is 6.59. The third kappa shape index (κ3) is 3.73. The van der Waals surface area contributed by atoms with Gasteiger partial charge in [-0.2, -0.15) is 0 Å². The summed E-state index contributed by atoms with van der Waals surface area (Å²) in [7, 11) is 0. The summed E-state index contributed by atoms with van der Waals surface area (Å²) in [4.78, 5) is 12.1. The molecule has 0 aromatic heterocycles. The van der Waals surface area contributed by atoms with Gasteiger partial charge >= 0.3 is 0 Å². The maximum absolute atomic E-state index is 12.1. The Balaban J connectivity index is 1.94. The van der Waals surface area contributed by atoms with E-state index in [4.69, 9.17) is 10.9 Å². The first kappa shape index (κ1) is 14.4. The largest absolute Gasteiger partial charge is 0.409 e. The first-order chi connectivity index (χ1) is 9.70. The molecule has 0 unspecified atom stereocenters. The fourth-order valence-corrected chi connectivity index (χ4v) is 2.61. The molecular formula is C15H21N3O2. The van der Waals surface area contributed by atoms with Crippen molar-refractivity contribution in [3.8, 4) is 0 Å². The molecule has 1 fully saturated rings. The van der Waals surface area contributed by atoms with Gasteiger partial charge in [0, 0.05) is 17.7 Å². The van der Waals surface area contributed by atoms with Gasteiger partial charge in [-0.05, 0) is 30.9 Å². The molecule has 1 aliphatic rings. The molecule has 0 aliphatic heterocycles. The Kier molecular flexibility index (Phi) is 4.98. The predicted molar refractivity (Wildman–Crippen MR) is 77.9 cm³/mol. The molecule has 1 aromatic rings. The minimum atomic E-state index is -0.108. The van der Waals surface area contributed by atoms with Gasteiger partial charge in [0.15, 0.2) is 5.84 Å². The number of hydrogen-bond donors (Lipinski definition) is 3. The summed E-state index contributed by atoms with van der Waals surface area (Å²) >= 11 is 0. The van der Waals surface area contributed by atoms with E-state index in [1.807, 2.05) is 0 Å². The van der Waals surface area contributed by atoms with Crippen molar-refractivity contribution in [2.24, 2.45) is 16.8 Å².